The van der Waals surface area contributed by atoms with Gasteiger partial charge in [0.1, 0.15) is 5.69 Å². The number of hydrogen-bond donors (Lipinski definition) is 2. The van der Waals surface area contributed by atoms with E-state index in [2.05, 4.69) is 20.4 Å². The number of alkyl halides is 3. The van der Waals surface area contributed by atoms with Crippen molar-refractivity contribution in [2.75, 3.05) is 6.54 Å². The zero-order valence-corrected chi connectivity index (χ0v) is 18.8. The minimum atomic E-state index is -4.54. The van der Waals surface area contributed by atoms with Crippen molar-refractivity contribution >= 4 is 5.91 Å². The van der Waals surface area contributed by atoms with Crippen LogP contribution in [0.4, 0.5) is 22.0 Å². The summed E-state index contributed by atoms with van der Waals surface area (Å²) in [4.78, 5) is 20.3. The standard InChI is InChI=1S/C24H21F5N4O3/c25-15-9-14(10-16(26)18(15)34)20(35)31-12-22-3-6-23(7-4-22,8-5-22)21-32-19(33-36-21)13-1-2-17(30-11-13)24(27,28)29/h1-2,9-11,34H,3-8,12H2,(H,31,35). The minimum absolute atomic E-state index is 0.170. The molecule has 1 amide bonds. The molecule has 3 aliphatic rings. The van der Waals surface area contributed by atoms with E-state index in [0.29, 0.717) is 18.0 Å². The van der Waals surface area contributed by atoms with E-state index in [0.717, 1.165) is 62.9 Å². The van der Waals surface area contributed by atoms with Gasteiger partial charge in [-0.15, -0.1) is 0 Å². The summed E-state index contributed by atoms with van der Waals surface area (Å²) in [6, 6.07) is 3.70. The van der Waals surface area contributed by atoms with Crippen molar-refractivity contribution in [2.45, 2.75) is 50.1 Å². The molecule has 3 saturated carbocycles. The van der Waals surface area contributed by atoms with E-state index in [-0.39, 0.29) is 22.2 Å². The highest BCUT2D eigenvalue weighted by molar-refractivity contribution is 5.94. The molecule has 3 aromatic rings. The highest BCUT2D eigenvalue weighted by Crippen LogP contribution is 2.57. The molecular formula is C24H21F5N4O3. The molecule has 0 radical (unpaired) electrons. The van der Waals surface area contributed by atoms with Crippen molar-refractivity contribution in [2.24, 2.45) is 5.41 Å². The number of aromatic nitrogens is 3. The molecule has 0 unspecified atom stereocenters. The smallest absolute Gasteiger partial charge is 0.433 e. The highest BCUT2D eigenvalue weighted by Gasteiger charge is 2.52. The van der Waals surface area contributed by atoms with Gasteiger partial charge in [0.15, 0.2) is 17.4 Å². The number of nitrogens with zero attached hydrogens (tertiary/aromatic N) is 3. The maximum atomic E-state index is 13.6. The van der Waals surface area contributed by atoms with Gasteiger partial charge in [-0.3, -0.25) is 9.78 Å². The van der Waals surface area contributed by atoms with Gasteiger partial charge >= 0.3 is 6.18 Å². The number of halogens is 5. The molecule has 2 aromatic heterocycles. The van der Waals surface area contributed by atoms with E-state index in [1.807, 2.05) is 0 Å². The van der Waals surface area contributed by atoms with Gasteiger partial charge in [-0.1, -0.05) is 5.16 Å². The first-order chi connectivity index (χ1) is 17.0. The molecule has 190 valence electrons. The van der Waals surface area contributed by atoms with Crippen molar-refractivity contribution in [3.05, 3.63) is 59.2 Å². The number of hydrogen-bond acceptors (Lipinski definition) is 6. The number of aromatic hydroxyl groups is 1. The van der Waals surface area contributed by atoms with E-state index >= 15 is 0 Å². The molecule has 3 fully saturated rings. The molecule has 0 spiro atoms. The van der Waals surface area contributed by atoms with Crippen LogP contribution in [0.15, 0.2) is 35.0 Å². The lowest BCUT2D eigenvalue weighted by Crippen LogP contribution is -2.49. The third-order valence-electron chi connectivity index (χ3n) is 7.50. The molecule has 12 heteroatoms. The average molecular weight is 508 g/mol. The minimum Gasteiger partial charge on any atom is -0.503 e. The first-order valence-electron chi connectivity index (χ1n) is 11.3. The van der Waals surface area contributed by atoms with Crippen LogP contribution in [0, 0.1) is 17.0 Å². The quantitative estimate of drug-likeness (QED) is 0.462. The molecular weight excluding hydrogens is 487 g/mol. The fourth-order valence-corrected chi connectivity index (χ4v) is 5.17. The summed E-state index contributed by atoms with van der Waals surface area (Å²) in [6.45, 7) is 0.332. The van der Waals surface area contributed by atoms with E-state index in [1.54, 1.807) is 0 Å². The van der Waals surface area contributed by atoms with Gasteiger partial charge in [0, 0.05) is 29.3 Å². The largest absolute Gasteiger partial charge is 0.503 e. The van der Waals surface area contributed by atoms with E-state index < -0.39 is 35.2 Å². The molecule has 0 atom stereocenters. The van der Waals surface area contributed by atoms with Gasteiger partial charge in [-0.05, 0) is 68.2 Å². The summed E-state index contributed by atoms with van der Waals surface area (Å²) in [5.74, 6) is -3.56. The van der Waals surface area contributed by atoms with Crippen molar-refractivity contribution in [1.82, 2.24) is 20.4 Å². The van der Waals surface area contributed by atoms with Crippen molar-refractivity contribution in [3.8, 4) is 17.1 Å². The number of phenols is 1. The molecule has 3 aliphatic carbocycles. The Balaban J connectivity index is 1.23. The van der Waals surface area contributed by atoms with Crippen molar-refractivity contribution in [1.29, 1.82) is 0 Å². The lowest BCUT2D eigenvalue weighted by atomic mass is 9.53. The van der Waals surface area contributed by atoms with E-state index in [4.69, 9.17) is 4.52 Å². The lowest BCUT2D eigenvalue weighted by molar-refractivity contribution is -0.141. The summed E-state index contributed by atoms with van der Waals surface area (Å²) >= 11 is 0. The Kier molecular flexibility index (Phi) is 5.72. The van der Waals surface area contributed by atoms with Gasteiger partial charge in [-0.2, -0.15) is 18.2 Å². The molecule has 2 heterocycles. The average Bonchev–Trinajstić information content (AvgIpc) is 3.38. The lowest BCUT2D eigenvalue weighted by Gasteiger charge is -2.51. The zero-order chi connectivity index (χ0) is 25.7. The van der Waals surface area contributed by atoms with Crippen LogP contribution in [-0.4, -0.2) is 32.7 Å². The topological polar surface area (TPSA) is 101 Å². The summed E-state index contributed by atoms with van der Waals surface area (Å²) in [7, 11) is 0. The van der Waals surface area contributed by atoms with Gasteiger partial charge in [0.25, 0.3) is 5.91 Å². The van der Waals surface area contributed by atoms with Crippen molar-refractivity contribution < 1.29 is 36.4 Å². The van der Waals surface area contributed by atoms with Crippen LogP contribution in [0.1, 0.15) is 60.5 Å². The molecule has 2 bridgehead atoms. The Morgan fingerprint density at radius 1 is 1.06 bits per heavy atom. The predicted octanol–water partition coefficient (Wildman–Crippen LogP) is 5.16. The number of fused-ring (bicyclic) bond motifs is 3. The Bertz CT molecular complexity index is 1260. The molecule has 2 N–H and O–H groups in total. The maximum Gasteiger partial charge on any atom is 0.433 e. The molecule has 7 nitrogen and oxygen atoms in total. The summed E-state index contributed by atoms with van der Waals surface area (Å²) in [5, 5.41) is 15.9. The number of carbonyl (C=O) groups is 1. The molecule has 0 aliphatic heterocycles. The molecule has 0 saturated heterocycles. The zero-order valence-electron chi connectivity index (χ0n) is 18.8. The number of carbonyl (C=O) groups excluding carboxylic acids is 1. The van der Waals surface area contributed by atoms with Crippen LogP contribution in [-0.2, 0) is 11.6 Å². The fourth-order valence-electron chi connectivity index (χ4n) is 5.17. The maximum absolute atomic E-state index is 13.6. The first-order valence-corrected chi connectivity index (χ1v) is 11.3. The SMILES string of the molecule is O=C(NCC12CCC(c3nc(-c4ccc(C(F)(F)F)nc4)no3)(CC1)CC2)c1cc(F)c(O)c(F)c1. The second-order valence-corrected chi connectivity index (χ2v) is 9.60. The van der Waals surface area contributed by atoms with Crippen LogP contribution in [0.2, 0.25) is 0 Å². The van der Waals surface area contributed by atoms with Crippen molar-refractivity contribution in [3.63, 3.8) is 0 Å². The summed E-state index contributed by atoms with van der Waals surface area (Å²) < 4.78 is 71.0. The van der Waals surface area contributed by atoms with Gasteiger partial charge < -0.3 is 14.9 Å². The number of amides is 1. The first kappa shape index (κ1) is 24.1. The number of benzene rings is 1. The Hall–Kier alpha value is -3.57. The molecule has 1 aromatic carbocycles. The normalized spacial score (nSPS) is 23.6. The van der Waals surface area contributed by atoms with Crippen LogP contribution < -0.4 is 5.32 Å². The second kappa shape index (κ2) is 8.52. The number of nitrogens with one attached hydrogen (secondary N) is 1. The third-order valence-corrected chi connectivity index (χ3v) is 7.50. The van der Waals surface area contributed by atoms with E-state index in [9.17, 15) is 31.9 Å². The Labute approximate surface area is 201 Å². The van der Waals surface area contributed by atoms with Crippen LogP contribution in [0.25, 0.3) is 11.4 Å². The predicted molar refractivity (Wildman–Crippen MR) is 115 cm³/mol. The molecule has 36 heavy (non-hydrogen) atoms. The number of phenolic OH excluding ortho intramolecular Hbond substituents is 1. The second-order valence-electron chi connectivity index (χ2n) is 9.60. The third kappa shape index (κ3) is 4.28. The molecule has 6 rings (SSSR count). The number of pyridine rings is 1. The monoisotopic (exact) mass is 508 g/mol. The summed E-state index contributed by atoms with van der Waals surface area (Å²) in [6.07, 6.45) is 0.957. The highest BCUT2D eigenvalue weighted by atomic mass is 19.4. The number of rotatable bonds is 5. The fraction of sp³-hybridized carbons (Fsp3) is 0.417. The Morgan fingerprint density at radius 3 is 2.25 bits per heavy atom. The van der Waals surface area contributed by atoms with Crippen LogP contribution in [0.3, 0.4) is 0 Å². The van der Waals surface area contributed by atoms with Crippen LogP contribution >= 0.6 is 0 Å². The summed E-state index contributed by atoms with van der Waals surface area (Å²) in [5.41, 5.74) is -1.42. The van der Waals surface area contributed by atoms with Crippen LogP contribution in [0.5, 0.6) is 5.75 Å². The van der Waals surface area contributed by atoms with Gasteiger partial charge in [-0.25, -0.2) is 8.78 Å². The van der Waals surface area contributed by atoms with Gasteiger partial charge in [0.2, 0.25) is 11.7 Å². The van der Waals surface area contributed by atoms with E-state index in [1.165, 1.54) is 6.07 Å². The Morgan fingerprint density at radius 2 is 1.69 bits per heavy atom. The van der Waals surface area contributed by atoms with Gasteiger partial charge in [0.05, 0.1) is 0 Å².